The van der Waals surface area contributed by atoms with E-state index in [4.69, 9.17) is 4.74 Å². The molecule has 1 saturated heterocycles. The van der Waals surface area contributed by atoms with E-state index in [1.54, 1.807) is 19.1 Å². The maximum absolute atomic E-state index is 13.0. The maximum Gasteiger partial charge on any atom is 0.416 e. The fraction of sp³-hybridized carbons (Fsp3) is 0.143. The van der Waals surface area contributed by atoms with E-state index in [9.17, 15) is 32.3 Å². The number of carbonyl (C=O) groups is 4. The quantitative estimate of drug-likeness (QED) is 0.344. The van der Waals surface area contributed by atoms with Crippen molar-refractivity contribution < 1.29 is 37.1 Å². The van der Waals surface area contributed by atoms with Gasteiger partial charge in [0.05, 0.1) is 11.3 Å². The molecule has 0 unspecified atom stereocenters. The Morgan fingerprint density at radius 2 is 1.81 bits per heavy atom. The van der Waals surface area contributed by atoms with Crippen molar-refractivity contribution in [1.82, 2.24) is 5.32 Å². The summed E-state index contributed by atoms with van der Waals surface area (Å²) in [6, 6.07) is 8.46. The van der Waals surface area contributed by atoms with Gasteiger partial charge in [-0.3, -0.25) is 19.7 Å². The van der Waals surface area contributed by atoms with Crippen LogP contribution in [0.25, 0.3) is 6.08 Å². The average Bonchev–Trinajstić information content (AvgIpc) is 2.71. The molecule has 0 bridgehead atoms. The van der Waals surface area contributed by atoms with E-state index in [1.165, 1.54) is 12.1 Å². The SMILES string of the molecule is CCC(=O)Oc1ccccc1/C=C1/C(=O)NC(=O)N(c2cccc(C(F)(F)F)c2)C1=O. The minimum atomic E-state index is -4.69. The van der Waals surface area contributed by atoms with Crippen molar-refractivity contribution in [3.05, 3.63) is 65.2 Å². The molecule has 0 aliphatic carbocycles. The first-order valence-electron chi connectivity index (χ1n) is 9.00. The van der Waals surface area contributed by atoms with Gasteiger partial charge in [0.1, 0.15) is 11.3 Å². The van der Waals surface area contributed by atoms with Gasteiger partial charge in [-0.05, 0) is 30.3 Å². The molecular weight excluding hydrogens is 417 g/mol. The van der Waals surface area contributed by atoms with Crippen LogP contribution in [0.15, 0.2) is 54.1 Å². The third-order valence-electron chi connectivity index (χ3n) is 4.26. The molecule has 10 heteroatoms. The summed E-state index contributed by atoms with van der Waals surface area (Å²) in [4.78, 5) is 49.4. The summed E-state index contributed by atoms with van der Waals surface area (Å²) in [5.74, 6) is -2.63. The summed E-state index contributed by atoms with van der Waals surface area (Å²) < 4.78 is 44.2. The van der Waals surface area contributed by atoms with Gasteiger partial charge in [0, 0.05) is 12.0 Å². The Bertz CT molecular complexity index is 1110. The van der Waals surface area contributed by atoms with Crippen molar-refractivity contribution in [3.63, 3.8) is 0 Å². The Morgan fingerprint density at radius 3 is 2.48 bits per heavy atom. The molecule has 0 spiro atoms. The molecule has 1 aliphatic heterocycles. The number of urea groups is 1. The number of esters is 1. The Hall–Kier alpha value is -3.95. The van der Waals surface area contributed by atoms with Crippen molar-refractivity contribution in [2.45, 2.75) is 19.5 Å². The normalized spacial score (nSPS) is 15.8. The summed E-state index contributed by atoms with van der Waals surface area (Å²) in [6.07, 6.45) is -3.51. The molecule has 2 aromatic carbocycles. The highest BCUT2D eigenvalue weighted by molar-refractivity contribution is 6.39. The van der Waals surface area contributed by atoms with Crippen molar-refractivity contribution >= 4 is 35.6 Å². The number of halogens is 3. The van der Waals surface area contributed by atoms with Crippen LogP contribution in [0.1, 0.15) is 24.5 Å². The topological polar surface area (TPSA) is 92.8 Å². The van der Waals surface area contributed by atoms with Gasteiger partial charge < -0.3 is 4.74 Å². The van der Waals surface area contributed by atoms with Crippen LogP contribution in [0.2, 0.25) is 0 Å². The number of ether oxygens (including phenoxy) is 1. The Morgan fingerprint density at radius 1 is 1.10 bits per heavy atom. The molecule has 7 nitrogen and oxygen atoms in total. The lowest BCUT2D eigenvalue weighted by Gasteiger charge is -2.27. The zero-order valence-corrected chi connectivity index (χ0v) is 16.0. The predicted molar refractivity (Wildman–Crippen MR) is 103 cm³/mol. The molecular formula is C21H15F3N2O5. The Labute approximate surface area is 174 Å². The van der Waals surface area contributed by atoms with Gasteiger partial charge in [0.15, 0.2) is 0 Å². The van der Waals surface area contributed by atoms with Gasteiger partial charge in [-0.1, -0.05) is 31.2 Å². The molecule has 0 atom stereocenters. The zero-order chi connectivity index (χ0) is 22.8. The van der Waals surface area contributed by atoms with E-state index in [-0.39, 0.29) is 23.4 Å². The molecule has 160 valence electrons. The Balaban J connectivity index is 2.03. The second kappa shape index (κ2) is 8.42. The first-order valence-corrected chi connectivity index (χ1v) is 9.00. The first-order chi connectivity index (χ1) is 14.6. The minimum Gasteiger partial charge on any atom is -0.426 e. The summed E-state index contributed by atoms with van der Waals surface area (Å²) >= 11 is 0. The number of carbonyl (C=O) groups excluding carboxylic acids is 4. The van der Waals surface area contributed by atoms with Crippen LogP contribution in [0.5, 0.6) is 5.75 Å². The number of barbiturate groups is 1. The van der Waals surface area contributed by atoms with E-state index in [1.807, 2.05) is 5.32 Å². The van der Waals surface area contributed by atoms with Crippen LogP contribution in [0, 0.1) is 0 Å². The summed E-state index contributed by atoms with van der Waals surface area (Å²) in [7, 11) is 0. The number of hydrogen-bond donors (Lipinski definition) is 1. The fourth-order valence-electron chi connectivity index (χ4n) is 2.76. The average molecular weight is 432 g/mol. The number of imide groups is 2. The van der Waals surface area contributed by atoms with Crippen molar-refractivity contribution in [2.75, 3.05) is 4.90 Å². The molecule has 1 aliphatic rings. The molecule has 3 rings (SSSR count). The third-order valence-corrected chi connectivity index (χ3v) is 4.26. The van der Waals surface area contributed by atoms with Crippen LogP contribution < -0.4 is 15.0 Å². The van der Waals surface area contributed by atoms with E-state index in [0.29, 0.717) is 11.0 Å². The summed E-state index contributed by atoms with van der Waals surface area (Å²) in [6.45, 7) is 1.58. The second-order valence-corrected chi connectivity index (χ2v) is 6.37. The van der Waals surface area contributed by atoms with Crippen LogP contribution in [-0.4, -0.2) is 23.8 Å². The van der Waals surface area contributed by atoms with Gasteiger partial charge in [-0.2, -0.15) is 13.2 Å². The maximum atomic E-state index is 13.0. The largest absolute Gasteiger partial charge is 0.426 e. The third kappa shape index (κ3) is 4.63. The number of alkyl halides is 3. The lowest BCUT2D eigenvalue weighted by molar-refractivity contribution is -0.137. The molecule has 2 aromatic rings. The van der Waals surface area contributed by atoms with Gasteiger partial charge in [-0.15, -0.1) is 0 Å². The molecule has 1 fully saturated rings. The van der Waals surface area contributed by atoms with E-state index >= 15 is 0 Å². The van der Waals surface area contributed by atoms with Crippen LogP contribution >= 0.6 is 0 Å². The summed E-state index contributed by atoms with van der Waals surface area (Å²) in [5.41, 5.74) is -1.75. The molecule has 0 radical (unpaired) electrons. The van der Waals surface area contributed by atoms with Crippen molar-refractivity contribution in [2.24, 2.45) is 0 Å². The molecule has 1 N–H and O–H groups in total. The molecule has 1 heterocycles. The number of rotatable bonds is 4. The van der Waals surface area contributed by atoms with Crippen LogP contribution in [-0.2, 0) is 20.6 Å². The predicted octanol–water partition coefficient (Wildman–Crippen LogP) is 3.69. The van der Waals surface area contributed by atoms with Crippen LogP contribution in [0.4, 0.5) is 23.7 Å². The van der Waals surface area contributed by atoms with Gasteiger partial charge >= 0.3 is 18.2 Å². The number of benzene rings is 2. The number of hydrogen-bond acceptors (Lipinski definition) is 5. The Kier molecular flexibility index (Phi) is 5.91. The van der Waals surface area contributed by atoms with Crippen molar-refractivity contribution in [1.29, 1.82) is 0 Å². The zero-order valence-electron chi connectivity index (χ0n) is 16.0. The van der Waals surface area contributed by atoms with E-state index < -0.39 is 41.1 Å². The smallest absolute Gasteiger partial charge is 0.416 e. The van der Waals surface area contributed by atoms with E-state index in [0.717, 1.165) is 24.3 Å². The number of amides is 4. The minimum absolute atomic E-state index is 0.0740. The number of anilines is 1. The van der Waals surface area contributed by atoms with Gasteiger partial charge in [0.25, 0.3) is 11.8 Å². The number of nitrogens with zero attached hydrogens (tertiary/aromatic N) is 1. The molecule has 31 heavy (non-hydrogen) atoms. The molecule has 0 saturated carbocycles. The lowest BCUT2D eigenvalue weighted by atomic mass is 10.1. The van der Waals surface area contributed by atoms with Crippen LogP contribution in [0.3, 0.4) is 0 Å². The standard InChI is InChI=1S/C21H15F3N2O5/c1-2-17(27)31-16-9-4-3-6-12(16)10-15-18(28)25-20(30)26(19(15)29)14-8-5-7-13(11-14)21(22,23)24/h3-11H,2H2,1H3,(H,25,28,30)/b15-10-. The summed E-state index contributed by atoms with van der Waals surface area (Å²) in [5, 5.41) is 1.93. The van der Waals surface area contributed by atoms with E-state index in [2.05, 4.69) is 0 Å². The number of nitrogens with one attached hydrogen (secondary N) is 1. The van der Waals surface area contributed by atoms with Gasteiger partial charge in [0.2, 0.25) is 0 Å². The lowest BCUT2D eigenvalue weighted by Crippen LogP contribution is -2.54. The second-order valence-electron chi connectivity index (χ2n) is 6.37. The fourth-order valence-corrected chi connectivity index (χ4v) is 2.76. The number of para-hydroxylation sites is 1. The molecule has 0 aromatic heterocycles. The highest BCUT2D eigenvalue weighted by Gasteiger charge is 2.38. The van der Waals surface area contributed by atoms with Gasteiger partial charge in [-0.25, -0.2) is 9.69 Å². The first kappa shape index (κ1) is 21.8. The monoisotopic (exact) mass is 432 g/mol. The van der Waals surface area contributed by atoms with Crippen molar-refractivity contribution in [3.8, 4) is 5.75 Å². The highest BCUT2D eigenvalue weighted by atomic mass is 19.4. The molecule has 4 amide bonds. The highest BCUT2D eigenvalue weighted by Crippen LogP contribution is 2.33.